The highest BCUT2D eigenvalue weighted by Crippen LogP contribution is 2.41. The number of benzene rings is 1. The van der Waals surface area contributed by atoms with Crippen molar-refractivity contribution in [3.05, 3.63) is 35.4 Å². The van der Waals surface area contributed by atoms with Gasteiger partial charge in [-0.05, 0) is 56.2 Å². The largest absolute Gasteiger partial charge is 0.317 e. The Bertz CT molecular complexity index is 368. The molecule has 0 aromatic heterocycles. The second-order valence-corrected chi connectivity index (χ2v) is 6.17. The molecule has 1 N–H and O–H groups in total. The van der Waals surface area contributed by atoms with Crippen molar-refractivity contribution in [2.75, 3.05) is 13.1 Å². The fraction of sp³-hybridized carbons (Fsp3) is 0.667. The van der Waals surface area contributed by atoms with E-state index < -0.39 is 0 Å². The molecule has 1 aliphatic rings. The molecule has 3 unspecified atom stereocenters. The molecule has 1 nitrogen and oxygen atoms in total. The van der Waals surface area contributed by atoms with Gasteiger partial charge in [0.2, 0.25) is 0 Å². The zero-order valence-electron chi connectivity index (χ0n) is 12.8. The van der Waals surface area contributed by atoms with E-state index in [4.69, 9.17) is 0 Å². The lowest BCUT2D eigenvalue weighted by Gasteiger charge is -2.36. The van der Waals surface area contributed by atoms with Gasteiger partial charge in [0, 0.05) is 0 Å². The number of aryl methyl sites for hydroxylation is 1. The lowest BCUT2D eigenvalue weighted by atomic mass is 9.70. The lowest BCUT2D eigenvalue weighted by molar-refractivity contribution is 0.226. The van der Waals surface area contributed by atoms with E-state index in [-0.39, 0.29) is 0 Å². The quantitative estimate of drug-likeness (QED) is 0.820. The molecular formula is C18H29N. The fourth-order valence-electron chi connectivity index (χ4n) is 3.49. The molecule has 3 atom stereocenters. The number of rotatable bonds is 5. The van der Waals surface area contributed by atoms with Gasteiger partial charge in [-0.2, -0.15) is 0 Å². The van der Waals surface area contributed by atoms with Crippen molar-refractivity contribution in [3.63, 3.8) is 0 Å². The maximum atomic E-state index is 3.56. The van der Waals surface area contributed by atoms with Gasteiger partial charge in [0.25, 0.3) is 0 Å². The third-order valence-electron chi connectivity index (χ3n) is 4.84. The summed E-state index contributed by atoms with van der Waals surface area (Å²) in [6.07, 6.45) is 5.55. The van der Waals surface area contributed by atoms with Gasteiger partial charge in [0.15, 0.2) is 0 Å². The molecule has 1 aromatic rings. The molecule has 1 saturated carbocycles. The first-order valence-electron chi connectivity index (χ1n) is 8.01. The number of hydrogen-bond donors (Lipinski definition) is 1. The van der Waals surface area contributed by atoms with Crippen LogP contribution in [0.5, 0.6) is 0 Å². The van der Waals surface area contributed by atoms with Crippen LogP contribution in [0.2, 0.25) is 0 Å². The van der Waals surface area contributed by atoms with Crippen LogP contribution in [0.15, 0.2) is 24.3 Å². The standard InChI is InChI=1S/C18H29N/c1-4-15-8-11-17(13-19-5-2)18(12-15)16-9-6-14(3)7-10-16/h6-7,9-10,15,17-19H,4-5,8,11-13H2,1-3H3. The van der Waals surface area contributed by atoms with Gasteiger partial charge < -0.3 is 5.32 Å². The monoisotopic (exact) mass is 259 g/mol. The van der Waals surface area contributed by atoms with Crippen molar-refractivity contribution in [1.29, 1.82) is 0 Å². The Morgan fingerprint density at radius 2 is 1.84 bits per heavy atom. The smallest absolute Gasteiger partial charge is 0.00148 e. The van der Waals surface area contributed by atoms with Crippen LogP contribution in [0.25, 0.3) is 0 Å². The normalized spacial score (nSPS) is 27.4. The molecule has 0 aliphatic heterocycles. The van der Waals surface area contributed by atoms with Crippen molar-refractivity contribution >= 4 is 0 Å². The summed E-state index contributed by atoms with van der Waals surface area (Å²) in [7, 11) is 0. The highest BCUT2D eigenvalue weighted by atomic mass is 14.8. The number of hydrogen-bond acceptors (Lipinski definition) is 1. The summed E-state index contributed by atoms with van der Waals surface area (Å²) in [6.45, 7) is 9.01. The van der Waals surface area contributed by atoms with E-state index in [1.807, 2.05) is 0 Å². The molecule has 1 aromatic carbocycles. The van der Waals surface area contributed by atoms with Crippen LogP contribution in [0, 0.1) is 18.8 Å². The topological polar surface area (TPSA) is 12.0 Å². The molecule has 19 heavy (non-hydrogen) atoms. The maximum Gasteiger partial charge on any atom is -0.00148 e. The first-order valence-corrected chi connectivity index (χ1v) is 8.01. The average Bonchev–Trinajstić information content (AvgIpc) is 2.46. The Kier molecular flexibility index (Phi) is 5.45. The van der Waals surface area contributed by atoms with Crippen molar-refractivity contribution < 1.29 is 0 Å². The lowest BCUT2D eigenvalue weighted by Crippen LogP contribution is -2.32. The second-order valence-electron chi connectivity index (χ2n) is 6.17. The van der Waals surface area contributed by atoms with Crippen LogP contribution in [-0.4, -0.2) is 13.1 Å². The Labute approximate surface area is 118 Å². The van der Waals surface area contributed by atoms with Crippen molar-refractivity contribution in [3.8, 4) is 0 Å². The summed E-state index contributed by atoms with van der Waals surface area (Å²) in [5.74, 6) is 2.52. The van der Waals surface area contributed by atoms with Gasteiger partial charge >= 0.3 is 0 Å². The van der Waals surface area contributed by atoms with Crippen LogP contribution >= 0.6 is 0 Å². The van der Waals surface area contributed by atoms with Crippen LogP contribution in [0.1, 0.15) is 56.6 Å². The molecule has 0 radical (unpaired) electrons. The highest BCUT2D eigenvalue weighted by molar-refractivity contribution is 5.25. The first kappa shape index (κ1) is 14.6. The molecular weight excluding hydrogens is 230 g/mol. The van der Waals surface area contributed by atoms with Crippen molar-refractivity contribution in [1.82, 2.24) is 5.32 Å². The Morgan fingerprint density at radius 1 is 1.11 bits per heavy atom. The third-order valence-corrected chi connectivity index (χ3v) is 4.84. The Hall–Kier alpha value is -0.820. The van der Waals surface area contributed by atoms with Gasteiger partial charge in [0.1, 0.15) is 0 Å². The summed E-state index contributed by atoms with van der Waals surface area (Å²) in [6, 6.07) is 9.26. The van der Waals surface area contributed by atoms with Crippen LogP contribution in [0.4, 0.5) is 0 Å². The van der Waals surface area contributed by atoms with E-state index in [1.54, 1.807) is 5.56 Å². The van der Waals surface area contributed by atoms with E-state index in [2.05, 4.69) is 50.4 Å². The molecule has 1 aliphatic carbocycles. The van der Waals surface area contributed by atoms with Crippen LogP contribution in [0.3, 0.4) is 0 Å². The summed E-state index contributed by atoms with van der Waals surface area (Å²) < 4.78 is 0. The fourth-order valence-corrected chi connectivity index (χ4v) is 3.49. The molecule has 0 amide bonds. The zero-order valence-corrected chi connectivity index (χ0v) is 12.8. The third kappa shape index (κ3) is 3.82. The number of nitrogens with one attached hydrogen (secondary N) is 1. The van der Waals surface area contributed by atoms with E-state index in [0.717, 1.165) is 24.3 Å². The molecule has 2 rings (SSSR count). The maximum absolute atomic E-state index is 3.56. The molecule has 0 spiro atoms. The zero-order chi connectivity index (χ0) is 13.7. The summed E-state index contributed by atoms with van der Waals surface area (Å²) in [4.78, 5) is 0. The van der Waals surface area contributed by atoms with Gasteiger partial charge in [-0.3, -0.25) is 0 Å². The van der Waals surface area contributed by atoms with Gasteiger partial charge in [-0.25, -0.2) is 0 Å². The summed E-state index contributed by atoms with van der Waals surface area (Å²) in [5.41, 5.74) is 2.93. The molecule has 1 fully saturated rings. The van der Waals surface area contributed by atoms with E-state index >= 15 is 0 Å². The predicted octanol–water partition coefficient (Wildman–Crippen LogP) is 4.51. The van der Waals surface area contributed by atoms with E-state index in [1.165, 1.54) is 37.8 Å². The van der Waals surface area contributed by atoms with Gasteiger partial charge in [0.05, 0.1) is 0 Å². The van der Waals surface area contributed by atoms with Crippen LogP contribution in [-0.2, 0) is 0 Å². The second kappa shape index (κ2) is 7.09. The summed E-state index contributed by atoms with van der Waals surface area (Å²) in [5, 5.41) is 3.56. The molecule has 0 bridgehead atoms. The minimum Gasteiger partial charge on any atom is -0.317 e. The van der Waals surface area contributed by atoms with Crippen molar-refractivity contribution in [2.45, 2.75) is 52.4 Å². The van der Waals surface area contributed by atoms with Crippen molar-refractivity contribution in [2.24, 2.45) is 11.8 Å². The van der Waals surface area contributed by atoms with Gasteiger partial charge in [-0.15, -0.1) is 0 Å². The van der Waals surface area contributed by atoms with E-state index in [9.17, 15) is 0 Å². The SMILES string of the molecule is CCNCC1CCC(CC)CC1c1ccc(C)cc1. The Morgan fingerprint density at radius 3 is 2.47 bits per heavy atom. The predicted molar refractivity (Wildman–Crippen MR) is 83.6 cm³/mol. The highest BCUT2D eigenvalue weighted by Gasteiger charge is 2.30. The van der Waals surface area contributed by atoms with Gasteiger partial charge in [-0.1, -0.05) is 56.5 Å². The molecule has 0 saturated heterocycles. The molecule has 0 heterocycles. The minimum absolute atomic E-state index is 0.762. The molecule has 106 valence electrons. The van der Waals surface area contributed by atoms with Crippen LogP contribution < -0.4 is 5.32 Å². The minimum atomic E-state index is 0.762. The van der Waals surface area contributed by atoms with E-state index in [0.29, 0.717) is 0 Å². The summed E-state index contributed by atoms with van der Waals surface area (Å²) >= 11 is 0. The Balaban J connectivity index is 2.12. The molecule has 1 heteroatoms. The first-order chi connectivity index (χ1) is 9.24. The average molecular weight is 259 g/mol.